The van der Waals surface area contributed by atoms with Crippen molar-refractivity contribution in [2.75, 3.05) is 11.9 Å². The summed E-state index contributed by atoms with van der Waals surface area (Å²) >= 11 is 7.42. The topological polar surface area (TPSA) is 79.8 Å². The first-order valence-electron chi connectivity index (χ1n) is 6.69. The molecule has 0 aliphatic carbocycles. The van der Waals surface area contributed by atoms with Crippen LogP contribution in [0.1, 0.15) is 0 Å². The number of aromatic nitrogens is 3. The van der Waals surface area contributed by atoms with Crippen LogP contribution in [0.2, 0.25) is 5.02 Å². The number of thiophene rings is 1. The van der Waals surface area contributed by atoms with E-state index in [-0.39, 0.29) is 6.03 Å². The molecule has 0 atom stereocenters. The first-order chi connectivity index (χ1) is 11.2. The molecule has 8 heteroatoms. The van der Waals surface area contributed by atoms with Gasteiger partial charge in [0, 0.05) is 11.9 Å². The average molecular weight is 346 g/mol. The van der Waals surface area contributed by atoms with Crippen LogP contribution in [0.15, 0.2) is 42.4 Å². The van der Waals surface area contributed by atoms with Gasteiger partial charge in [-0.2, -0.15) is 0 Å². The van der Waals surface area contributed by atoms with E-state index < -0.39 is 0 Å². The summed E-state index contributed by atoms with van der Waals surface area (Å²) in [4.78, 5) is 25.7. The molecule has 3 aromatic rings. The van der Waals surface area contributed by atoms with Crippen molar-refractivity contribution in [3.63, 3.8) is 0 Å². The van der Waals surface area contributed by atoms with Crippen molar-refractivity contribution in [2.45, 2.75) is 0 Å². The Morgan fingerprint density at radius 2 is 2.26 bits per heavy atom. The number of nitrogens with one attached hydrogen (secondary N) is 2. The van der Waals surface area contributed by atoms with Gasteiger partial charge in [-0.15, -0.1) is 17.9 Å². The summed E-state index contributed by atoms with van der Waals surface area (Å²) in [6, 6.07) is 4.90. The quantitative estimate of drug-likeness (QED) is 0.706. The Balaban J connectivity index is 1.88. The Hall–Kier alpha value is -2.51. The van der Waals surface area contributed by atoms with Gasteiger partial charge in [0.1, 0.15) is 17.0 Å². The SMILES string of the molecule is C=CCNC(=O)Nc1ccc2ncc(-c3cc(Cl)cs3)nc2n1. The number of anilines is 1. The van der Waals surface area contributed by atoms with E-state index in [9.17, 15) is 4.79 Å². The second-order valence-electron chi connectivity index (χ2n) is 4.55. The first kappa shape index (κ1) is 15.4. The standard InChI is InChI=1S/C15H12ClN5OS/c1-2-5-17-15(22)21-13-4-3-10-14(20-13)19-11(7-18-10)12-6-9(16)8-23-12/h2-4,6-8H,1,5H2,(H2,17,19,20,21,22). The minimum absolute atomic E-state index is 0.356. The van der Waals surface area contributed by atoms with Gasteiger partial charge in [-0.3, -0.25) is 10.3 Å². The van der Waals surface area contributed by atoms with E-state index in [0.29, 0.717) is 34.2 Å². The van der Waals surface area contributed by atoms with Gasteiger partial charge in [0.25, 0.3) is 0 Å². The molecule has 0 aliphatic heterocycles. The summed E-state index contributed by atoms with van der Waals surface area (Å²) in [5.41, 5.74) is 1.79. The predicted molar refractivity (Wildman–Crippen MR) is 92.9 cm³/mol. The van der Waals surface area contributed by atoms with Crippen LogP contribution in [-0.2, 0) is 0 Å². The van der Waals surface area contributed by atoms with Crippen molar-refractivity contribution in [1.29, 1.82) is 0 Å². The molecule has 0 saturated heterocycles. The van der Waals surface area contributed by atoms with Crippen LogP contribution in [0.3, 0.4) is 0 Å². The number of nitrogens with zero attached hydrogens (tertiary/aromatic N) is 3. The summed E-state index contributed by atoms with van der Waals surface area (Å²) in [6.45, 7) is 3.91. The number of fused-ring (bicyclic) bond motifs is 1. The summed E-state index contributed by atoms with van der Waals surface area (Å²) in [5.74, 6) is 0.398. The van der Waals surface area contributed by atoms with E-state index in [1.165, 1.54) is 11.3 Å². The number of carbonyl (C=O) groups excluding carboxylic acids is 1. The molecule has 3 aromatic heterocycles. The van der Waals surface area contributed by atoms with Crippen molar-refractivity contribution in [3.8, 4) is 10.6 Å². The first-order valence-corrected chi connectivity index (χ1v) is 7.95. The van der Waals surface area contributed by atoms with Crippen LogP contribution in [0.5, 0.6) is 0 Å². The van der Waals surface area contributed by atoms with Crippen LogP contribution in [0, 0.1) is 0 Å². The minimum atomic E-state index is -0.356. The van der Waals surface area contributed by atoms with Gasteiger partial charge >= 0.3 is 6.03 Å². The highest BCUT2D eigenvalue weighted by atomic mass is 35.5. The van der Waals surface area contributed by atoms with Gasteiger partial charge in [0.2, 0.25) is 0 Å². The van der Waals surface area contributed by atoms with E-state index >= 15 is 0 Å². The number of rotatable bonds is 4. The second-order valence-corrected chi connectivity index (χ2v) is 5.90. The second kappa shape index (κ2) is 6.72. The maximum atomic E-state index is 11.6. The van der Waals surface area contributed by atoms with E-state index in [2.05, 4.69) is 32.2 Å². The molecular weight excluding hydrogens is 334 g/mol. The molecule has 0 aromatic carbocycles. The fourth-order valence-corrected chi connectivity index (χ4v) is 2.89. The Kier molecular flexibility index (Phi) is 4.50. The van der Waals surface area contributed by atoms with Crippen LogP contribution in [0.4, 0.5) is 10.6 Å². The molecular formula is C15H12ClN5OS. The molecule has 23 heavy (non-hydrogen) atoms. The van der Waals surface area contributed by atoms with Crippen LogP contribution in [0.25, 0.3) is 21.7 Å². The van der Waals surface area contributed by atoms with Gasteiger partial charge in [-0.05, 0) is 18.2 Å². The summed E-state index contributed by atoms with van der Waals surface area (Å²) < 4.78 is 0. The number of urea groups is 1. The maximum Gasteiger partial charge on any atom is 0.320 e. The third-order valence-corrected chi connectivity index (χ3v) is 4.18. The Labute approximate surface area is 141 Å². The molecule has 6 nitrogen and oxygen atoms in total. The molecule has 3 rings (SSSR count). The smallest absolute Gasteiger partial charge is 0.320 e. The Morgan fingerprint density at radius 3 is 3.00 bits per heavy atom. The zero-order valence-corrected chi connectivity index (χ0v) is 13.5. The van der Waals surface area contributed by atoms with E-state index in [1.54, 1.807) is 24.4 Å². The summed E-state index contributed by atoms with van der Waals surface area (Å²) in [6.07, 6.45) is 3.27. The van der Waals surface area contributed by atoms with Gasteiger partial charge in [0.15, 0.2) is 5.65 Å². The molecule has 0 fully saturated rings. The van der Waals surface area contributed by atoms with Crippen LogP contribution < -0.4 is 10.6 Å². The molecule has 0 radical (unpaired) electrons. The summed E-state index contributed by atoms with van der Waals surface area (Å²) in [5, 5.41) is 7.74. The van der Waals surface area contributed by atoms with E-state index in [4.69, 9.17) is 11.6 Å². The Morgan fingerprint density at radius 1 is 1.39 bits per heavy atom. The van der Waals surface area contributed by atoms with Crippen molar-refractivity contribution >= 4 is 46.0 Å². The lowest BCUT2D eigenvalue weighted by atomic mass is 10.3. The molecule has 3 heterocycles. The van der Waals surface area contributed by atoms with Crippen LogP contribution >= 0.6 is 22.9 Å². The highest BCUT2D eigenvalue weighted by Crippen LogP contribution is 2.28. The zero-order chi connectivity index (χ0) is 16.2. The fourth-order valence-electron chi connectivity index (χ4n) is 1.86. The third-order valence-electron chi connectivity index (χ3n) is 2.88. The number of amides is 2. The lowest BCUT2D eigenvalue weighted by Gasteiger charge is -2.06. The minimum Gasteiger partial charge on any atom is -0.334 e. The molecule has 0 spiro atoms. The zero-order valence-electron chi connectivity index (χ0n) is 11.9. The number of hydrogen-bond acceptors (Lipinski definition) is 5. The van der Waals surface area contributed by atoms with Crippen molar-refractivity contribution in [1.82, 2.24) is 20.3 Å². The van der Waals surface area contributed by atoms with E-state index in [1.807, 2.05) is 11.4 Å². The molecule has 2 N–H and O–H groups in total. The number of hydrogen-bond donors (Lipinski definition) is 2. The van der Waals surface area contributed by atoms with Crippen LogP contribution in [-0.4, -0.2) is 27.5 Å². The monoisotopic (exact) mass is 345 g/mol. The van der Waals surface area contributed by atoms with Crippen molar-refractivity contribution in [2.24, 2.45) is 0 Å². The molecule has 2 amide bonds. The number of pyridine rings is 1. The van der Waals surface area contributed by atoms with Gasteiger partial charge in [0.05, 0.1) is 16.1 Å². The molecule has 0 aliphatic rings. The lowest BCUT2D eigenvalue weighted by molar-refractivity contribution is 0.253. The van der Waals surface area contributed by atoms with Gasteiger partial charge in [-0.25, -0.2) is 14.8 Å². The number of halogens is 1. The highest BCUT2D eigenvalue weighted by Gasteiger charge is 2.08. The van der Waals surface area contributed by atoms with E-state index in [0.717, 1.165) is 4.88 Å². The Bertz CT molecular complexity index is 879. The number of carbonyl (C=O) groups is 1. The highest BCUT2D eigenvalue weighted by molar-refractivity contribution is 7.14. The maximum absolute atomic E-state index is 11.6. The normalized spacial score (nSPS) is 10.5. The third kappa shape index (κ3) is 3.64. The average Bonchev–Trinajstić information content (AvgIpc) is 2.99. The largest absolute Gasteiger partial charge is 0.334 e. The predicted octanol–water partition coefficient (Wildman–Crippen LogP) is 3.71. The molecule has 116 valence electrons. The lowest BCUT2D eigenvalue weighted by Crippen LogP contribution is -2.28. The molecule has 0 saturated carbocycles. The van der Waals surface area contributed by atoms with Crippen molar-refractivity contribution in [3.05, 3.63) is 47.5 Å². The van der Waals surface area contributed by atoms with Crippen molar-refractivity contribution < 1.29 is 4.79 Å². The van der Waals surface area contributed by atoms with Gasteiger partial charge < -0.3 is 5.32 Å². The van der Waals surface area contributed by atoms with Gasteiger partial charge in [-0.1, -0.05) is 17.7 Å². The molecule has 0 unspecified atom stereocenters. The molecule has 0 bridgehead atoms. The fraction of sp³-hybridized carbons (Fsp3) is 0.0667. The summed E-state index contributed by atoms with van der Waals surface area (Å²) in [7, 11) is 0.